The highest BCUT2D eigenvalue weighted by molar-refractivity contribution is 5.77. The van der Waals surface area contributed by atoms with Crippen LogP contribution >= 0.6 is 0 Å². The Bertz CT molecular complexity index is 857. The van der Waals surface area contributed by atoms with E-state index in [0.29, 0.717) is 24.5 Å². The van der Waals surface area contributed by atoms with Crippen LogP contribution in [-0.4, -0.2) is 60.0 Å². The van der Waals surface area contributed by atoms with Crippen molar-refractivity contribution in [2.45, 2.75) is 32.7 Å². The second-order valence-corrected chi connectivity index (χ2v) is 6.84. The molecule has 3 rings (SSSR count). The van der Waals surface area contributed by atoms with E-state index in [0.717, 1.165) is 11.3 Å². The molecule has 29 heavy (non-hydrogen) atoms. The molecule has 1 aliphatic rings. The number of para-hydroxylation sites is 1. The Hall–Kier alpha value is -2.39. The molecule has 1 saturated heterocycles. The summed E-state index contributed by atoms with van der Waals surface area (Å²) in [5.41, 5.74) is 2.52. The van der Waals surface area contributed by atoms with Crippen LogP contribution in [0.4, 0.5) is 13.2 Å². The van der Waals surface area contributed by atoms with Gasteiger partial charge in [-0.05, 0) is 26.0 Å². The number of aryl methyl sites for hydroxylation is 1. The minimum Gasteiger partial charge on any atom is -0.377 e. The van der Waals surface area contributed by atoms with Gasteiger partial charge in [0.15, 0.2) is 0 Å². The molecule has 6 nitrogen and oxygen atoms in total. The van der Waals surface area contributed by atoms with Crippen LogP contribution in [0.1, 0.15) is 29.4 Å². The lowest BCUT2D eigenvalue weighted by molar-refractivity contribution is -0.141. The number of halogens is 3. The zero-order valence-corrected chi connectivity index (χ0v) is 16.4. The molecular formula is C20H24F3N3O3. The van der Waals surface area contributed by atoms with Crippen molar-refractivity contribution < 1.29 is 27.4 Å². The fourth-order valence-electron chi connectivity index (χ4n) is 3.61. The van der Waals surface area contributed by atoms with Gasteiger partial charge in [0.1, 0.15) is 18.1 Å². The SMILES string of the molecule is Cc1nn(-c2ccccc2F)c(C)c1C1COCCN1C(=O)CCOCC(F)F. The first-order valence-corrected chi connectivity index (χ1v) is 9.44. The highest BCUT2D eigenvalue weighted by Gasteiger charge is 2.33. The summed E-state index contributed by atoms with van der Waals surface area (Å²) in [4.78, 5) is 14.4. The predicted molar refractivity (Wildman–Crippen MR) is 99.7 cm³/mol. The Balaban J connectivity index is 1.82. The van der Waals surface area contributed by atoms with Crippen LogP contribution in [0.2, 0.25) is 0 Å². The van der Waals surface area contributed by atoms with Crippen molar-refractivity contribution in [3.05, 3.63) is 47.0 Å². The number of carbonyl (C=O) groups is 1. The second-order valence-electron chi connectivity index (χ2n) is 6.84. The molecule has 1 unspecified atom stereocenters. The monoisotopic (exact) mass is 411 g/mol. The van der Waals surface area contributed by atoms with Gasteiger partial charge >= 0.3 is 0 Å². The molecule has 0 radical (unpaired) electrons. The Morgan fingerprint density at radius 2 is 2.10 bits per heavy atom. The van der Waals surface area contributed by atoms with Crippen LogP contribution in [-0.2, 0) is 14.3 Å². The van der Waals surface area contributed by atoms with Crippen LogP contribution in [0.3, 0.4) is 0 Å². The lowest BCUT2D eigenvalue weighted by Gasteiger charge is -2.36. The number of aromatic nitrogens is 2. The summed E-state index contributed by atoms with van der Waals surface area (Å²) in [6.45, 7) is 3.93. The molecule has 1 fully saturated rings. The van der Waals surface area contributed by atoms with Gasteiger partial charge in [0.25, 0.3) is 6.43 Å². The number of amides is 1. The topological polar surface area (TPSA) is 56.6 Å². The van der Waals surface area contributed by atoms with Crippen LogP contribution < -0.4 is 0 Å². The number of hydrogen-bond acceptors (Lipinski definition) is 4. The highest BCUT2D eigenvalue weighted by atomic mass is 19.3. The van der Waals surface area contributed by atoms with E-state index in [1.165, 1.54) is 10.7 Å². The van der Waals surface area contributed by atoms with Gasteiger partial charge in [-0.2, -0.15) is 5.10 Å². The molecule has 0 N–H and O–H groups in total. The minimum absolute atomic E-state index is 0.00274. The first-order valence-electron chi connectivity index (χ1n) is 9.44. The standard InChI is InChI=1S/C20H24F3N3O3/c1-13-20(14(2)26(24-13)16-6-4-3-5-15(16)21)17-11-29-10-8-25(17)19(27)7-9-28-12-18(22)23/h3-6,17-18H,7-12H2,1-2H3. The van der Waals surface area contributed by atoms with Crippen LogP contribution in [0.15, 0.2) is 24.3 Å². The second kappa shape index (κ2) is 9.41. The van der Waals surface area contributed by atoms with E-state index < -0.39 is 18.8 Å². The van der Waals surface area contributed by atoms with E-state index in [2.05, 4.69) is 5.10 Å². The number of rotatable bonds is 7. The molecule has 1 aliphatic heterocycles. The van der Waals surface area contributed by atoms with E-state index in [-0.39, 0.29) is 31.6 Å². The summed E-state index contributed by atoms with van der Waals surface area (Å²) in [7, 11) is 0. The predicted octanol–water partition coefficient (Wildman–Crippen LogP) is 3.20. The molecule has 158 valence electrons. The smallest absolute Gasteiger partial charge is 0.261 e. The van der Waals surface area contributed by atoms with Gasteiger partial charge in [-0.15, -0.1) is 0 Å². The van der Waals surface area contributed by atoms with E-state index >= 15 is 0 Å². The summed E-state index contributed by atoms with van der Waals surface area (Å²) in [6, 6.07) is 5.96. The Morgan fingerprint density at radius 1 is 1.34 bits per heavy atom. The number of ether oxygens (including phenoxy) is 2. The molecule has 0 aliphatic carbocycles. The molecule has 1 aromatic heterocycles. The van der Waals surface area contributed by atoms with Gasteiger partial charge < -0.3 is 14.4 Å². The molecule has 1 amide bonds. The molecule has 1 aromatic carbocycles. The number of carbonyl (C=O) groups excluding carboxylic acids is 1. The van der Waals surface area contributed by atoms with Crippen molar-refractivity contribution >= 4 is 5.91 Å². The maximum atomic E-state index is 14.3. The zero-order chi connectivity index (χ0) is 21.0. The summed E-state index contributed by atoms with van der Waals surface area (Å²) in [5, 5.41) is 4.48. The maximum Gasteiger partial charge on any atom is 0.261 e. The first kappa shape index (κ1) is 21.3. The van der Waals surface area contributed by atoms with Crippen LogP contribution in [0.5, 0.6) is 0 Å². The molecule has 2 aromatic rings. The summed E-state index contributed by atoms with van der Waals surface area (Å²) in [5.74, 6) is -0.598. The van der Waals surface area contributed by atoms with Crippen molar-refractivity contribution in [3.8, 4) is 5.69 Å². The third kappa shape index (κ3) is 4.79. The van der Waals surface area contributed by atoms with Crippen molar-refractivity contribution in [2.75, 3.05) is 33.0 Å². The number of nitrogens with zero attached hydrogens (tertiary/aromatic N) is 3. The lowest BCUT2D eigenvalue weighted by atomic mass is 10.0. The Morgan fingerprint density at radius 3 is 2.83 bits per heavy atom. The molecule has 0 saturated carbocycles. The average Bonchev–Trinajstić information content (AvgIpc) is 2.99. The van der Waals surface area contributed by atoms with Gasteiger partial charge in [0.2, 0.25) is 5.91 Å². The van der Waals surface area contributed by atoms with Crippen LogP contribution in [0.25, 0.3) is 5.69 Å². The van der Waals surface area contributed by atoms with Gasteiger partial charge in [0, 0.05) is 17.8 Å². The molecule has 0 spiro atoms. The lowest BCUT2D eigenvalue weighted by Crippen LogP contribution is -2.44. The maximum absolute atomic E-state index is 14.3. The number of benzene rings is 1. The molecule has 9 heteroatoms. The fourth-order valence-corrected chi connectivity index (χ4v) is 3.61. The van der Waals surface area contributed by atoms with Gasteiger partial charge in [0.05, 0.1) is 38.0 Å². The van der Waals surface area contributed by atoms with Crippen LogP contribution in [0, 0.1) is 19.7 Å². The molecule has 1 atom stereocenters. The van der Waals surface area contributed by atoms with Crippen molar-refractivity contribution in [3.63, 3.8) is 0 Å². The largest absolute Gasteiger partial charge is 0.377 e. The van der Waals surface area contributed by atoms with E-state index in [9.17, 15) is 18.0 Å². The summed E-state index contributed by atoms with van der Waals surface area (Å²) >= 11 is 0. The first-order chi connectivity index (χ1) is 13.9. The molecule has 2 heterocycles. The molecule has 0 bridgehead atoms. The van der Waals surface area contributed by atoms with Crippen molar-refractivity contribution in [1.29, 1.82) is 0 Å². The van der Waals surface area contributed by atoms with Gasteiger partial charge in [-0.25, -0.2) is 17.9 Å². The highest BCUT2D eigenvalue weighted by Crippen LogP contribution is 2.31. The number of hydrogen-bond donors (Lipinski definition) is 0. The molecular weight excluding hydrogens is 387 g/mol. The number of morpholine rings is 1. The quantitative estimate of drug-likeness (QED) is 0.657. The third-order valence-corrected chi connectivity index (χ3v) is 4.91. The Labute approximate surface area is 167 Å². The van der Waals surface area contributed by atoms with E-state index in [1.807, 2.05) is 13.8 Å². The van der Waals surface area contributed by atoms with Gasteiger partial charge in [-0.1, -0.05) is 12.1 Å². The normalized spacial score (nSPS) is 17.2. The fraction of sp³-hybridized carbons (Fsp3) is 0.500. The van der Waals surface area contributed by atoms with E-state index in [1.54, 1.807) is 23.1 Å². The summed E-state index contributed by atoms with van der Waals surface area (Å²) in [6.07, 6.45) is -2.56. The minimum atomic E-state index is -2.56. The van der Waals surface area contributed by atoms with Crippen molar-refractivity contribution in [1.82, 2.24) is 14.7 Å². The van der Waals surface area contributed by atoms with E-state index in [4.69, 9.17) is 9.47 Å². The summed E-state index contributed by atoms with van der Waals surface area (Å²) < 4.78 is 50.6. The van der Waals surface area contributed by atoms with Crippen molar-refractivity contribution in [2.24, 2.45) is 0 Å². The third-order valence-electron chi connectivity index (χ3n) is 4.91. The average molecular weight is 411 g/mol. The number of alkyl halides is 2. The van der Waals surface area contributed by atoms with Gasteiger partial charge in [-0.3, -0.25) is 4.79 Å². The zero-order valence-electron chi connectivity index (χ0n) is 16.4. The Kier molecular flexibility index (Phi) is 6.92.